The Morgan fingerprint density at radius 2 is 1.94 bits per heavy atom. The lowest BCUT2D eigenvalue weighted by atomic mass is 9.88. The number of ether oxygens (including phenoxy) is 1. The van der Waals surface area contributed by atoms with Gasteiger partial charge in [-0.2, -0.15) is 4.99 Å². The third-order valence-electron chi connectivity index (χ3n) is 5.78. The predicted molar refractivity (Wildman–Crippen MR) is 135 cm³/mol. The molecule has 2 amide bonds. The molecule has 9 nitrogen and oxygen atoms in total. The molecule has 0 radical (unpaired) electrons. The molecule has 0 bridgehead atoms. The van der Waals surface area contributed by atoms with E-state index in [4.69, 9.17) is 4.74 Å². The molecular weight excluding hydrogens is 510 g/mol. The normalized spacial score (nSPS) is 16.2. The minimum Gasteiger partial charge on any atom is -0.465 e. The molecule has 0 fully saturated rings. The van der Waals surface area contributed by atoms with Crippen LogP contribution in [0.3, 0.4) is 0 Å². The van der Waals surface area contributed by atoms with Gasteiger partial charge in [0.05, 0.1) is 22.9 Å². The second-order valence-corrected chi connectivity index (χ2v) is 12.7. The molecule has 0 saturated heterocycles. The van der Waals surface area contributed by atoms with Gasteiger partial charge < -0.3 is 14.6 Å². The summed E-state index contributed by atoms with van der Waals surface area (Å²) in [5, 5.41) is 2.84. The molecule has 4 rings (SSSR count). The highest BCUT2D eigenvalue weighted by Gasteiger charge is 2.30. The van der Waals surface area contributed by atoms with Crippen molar-refractivity contribution in [2.45, 2.75) is 26.2 Å². The fraction of sp³-hybridized carbons (Fsp3) is 0.391. The summed E-state index contributed by atoms with van der Waals surface area (Å²) >= 11 is 2.54. The van der Waals surface area contributed by atoms with E-state index in [-0.39, 0.29) is 10.6 Å². The highest BCUT2D eigenvalue weighted by atomic mass is 32.2. The van der Waals surface area contributed by atoms with Crippen molar-refractivity contribution in [3.63, 3.8) is 0 Å². The molecule has 12 heteroatoms. The number of thiazole rings is 1. The Labute approximate surface area is 210 Å². The number of rotatable bonds is 6. The summed E-state index contributed by atoms with van der Waals surface area (Å²) in [6.45, 7) is 2.12. The summed E-state index contributed by atoms with van der Waals surface area (Å²) in [5.74, 6) is -3.57. The second-order valence-electron chi connectivity index (χ2n) is 8.54. The van der Waals surface area contributed by atoms with E-state index in [0.29, 0.717) is 17.1 Å². The van der Waals surface area contributed by atoms with Gasteiger partial charge in [-0.1, -0.05) is 30.4 Å². The Morgan fingerprint density at radius 3 is 2.66 bits per heavy atom. The van der Waals surface area contributed by atoms with Crippen molar-refractivity contribution in [3.05, 3.63) is 45.1 Å². The molecule has 0 spiro atoms. The Hall–Kier alpha value is -2.83. The van der Waals surface area contributed by atoms with Crippen LogP contribution in [0.5, 0.6) is 0 Å². The SMILES string of the molecule is COC(=O)c1c(NC(=O)CS(=O)(=O)CC(=O)N=c2sc3ccccc3n2C)sc2c1CCC(C)C2. The third-order valence-corrected chi connectivity index (χ3v) is 9.46. The van der Waals surface area contributed by atoms with Crippen molar-refractivity contribution in [2.75, 3.05) is 23.9 Å². The number of nitrogens with zero attached hydrogens (tertiary/aromatic N) is 2. The first kappa shape index (κ1) is 25.3. The number of para-hydroxylation sites is 1. The number of anilines is 1. The zero-order chi connectivity index (χ0) is 25.3. The van der Waals surface area contributed by atoms with Gasteiger partial charge in [-0.15, -0.1) is 11.3 Å². The van der Waals surface area contributed by atoms with Crippen LogP contribution >= 0.6 is 22.7 Å². The zero-order valence-corrected chi connectivity index (χ0v) is 21.9. The largest absolute Gasteiger partial charge is 0.465 e. The van der Waals surface area contributed by atoms with Crippen LogP contribution in [0, 0.1) is 5.92 Å². The monoisotopic (exact) mass is 535 g/mol. The van der Waals surface area contributed by atoms with Gasteiger partial charge in [0.25, 0.3) is 5.91 Å². The number of nitrogens with one attached hydrogen (secondary N) is 1. The van der Waals surface area contributed by atoms with E-state index in [1.54, 1.807) is 11.6 Å². The topological polar surface area (TPSA) is 124 Å². The average Bonchev–Trinajstić information content (AvgIpc) is 3.28. The number of hydrogen-bond donors (Lipinski definition) is 1. The Kier molecular flexibility index (Phi) is 7.25. The summed E-state index contributed by atoms with van der Waals surface area (Å²) in [6, 6.07) is 7.49. The van der Waals surface area contributed by atoms with Gasteiger partial charge in [0.15, 0.2) is 14.6 Å². The van der Waals surface area contributed by atoms with Crippen molar-refractivity contribution in [1.82, 2.24) is 4.57 Å². The van der Waals surface area contributed by atoms with Crippen molar-refractivity contribution in [3.8, 4) is 0 Å². The maximum Gasteiger partial charge on any atom is 0.341 e. The highest BCUT2D eigenvalue weighted by Crippen LogP contribution is 2.40. The van der Waals surface area contributed by atoms with Crippen LogP contribution in [0.25, 0.3) is 10.2 Å². The second kappa shape index (κ2) is 10.0. The van der Waals surface area contributed by atoms with Crippen LogP contribution in [0.2, 0.25) is 0 Å². The molecule has 0 aliphatic heterocycles. The number of carbonyl (C=O) groups excluding carboxylic acids is 3. The first-order chi connectivity index (χ1) is 16.6. The first-order valence-electron chi connectivity index (χ1n) is 10.9. The number of fused-ring (bicyclic) bond motifs is 2. The maximum absolute atomic E-state index is 12.6. The van der Waals surface area contributed by atoms with Gasteiger partial charge in [0.2, 0.25) is 5.91 Å². The molecule has 1 aliphatic carbocycles. The smallest absolute Gasteiger partial charge is 0.341 e. The molecule has 1 aromatic carbocycles. The van der Waals surface area contributed by atoms with E-state index in [1.165, 1.54) is 29.8 Å². The van der Waals surface area contributed by atoms with Crippen molar-refractivity contribution in [2.24, 2.45) is 18.0 Å². The molecule has 1 aliphatic rings. The molecular formula is C23H25N3O6S3. The quantitative estimate of drug-likeness (QED) is 0.484. The number of benzene rings is 1. The third kappa shape index (κ3) is 5.54. The van der Waals surface area contributed by atoms with Crippen LogP contribution in [0.15, 0.2) is 29.3 Å². The van der Waals surface area contributed by atoms with E-state index >= 15 is 0 Å². The number of hydrogen-bond acceptors (Lipinski definition) is 8. The molecule has 186 valence electrons. The summed E-state index contributed by atoms with van der Waals surface area (Å²) < 4.78 is 32.7. The molecule has 1 atom stereocenters. The van der Waals surface area contributed by atoms with Crippen molar-refractivity contribution in [1.29, 1.82) is 0 Å². The minimum atomic E-state index is -4.08. The summed E-state index contributed by atoms with van der Waals surface area (Å²) in [7, 11) is -1.08. The van der Waals surface area contributed by atoms with E-state index < -0.39 is 39.1 Å². The maximum atomic E-state index is 12.6. The van der Waals surface area contributed by atoms with Crippen LogP contribution in [0.1, 0.15) is 34.1 Å². The summed E-state index contributed by atoms with van der Waals surface area (Å²) in [5.41, 5.74) is 2.01. The molecule has 0 saturated carbocycles. The first-order valence-corrected chi connectivity index (χ1v) is 14.4. The zero-order valence-electron chi connectivity index (χ0n) is 19.5. The van der Waals surface area contributed by atoms with E-state index in [1.807, 2.05) is 24.3 Å². The highest BCUT2D eigenvalue weighted by molar-refractivity contribution is 7.92. The minimum absolute atomic E-state index is 0.282. The van der Waals surface area contributed by atoms with Gasteiger partial charge in [0, 0.05) is 11.9 Å². The number of thiophene rings is 1. The molecule has 2 heterocycles. The Balaban J connectivity index is 1.48. The standard InChI is InChI=1S/C23H25N3O6S3/c1-13-8-9-14-17(10-13)33-21(20(14)22(29)32-3)24-18(27)11-35(30,31)12-19(28)25-23-26(2)15-6-4-5-7-16(15)34-23/h4-7,13H,8-12H2,1-3H3,(H,24,27). The van der Waals surface area contributed by atoms with Crippen molar-refractivity contribution >= 4 is 65.5 Å². The van der Waals surface area contributed by atoms with Gasteiger partial charge in [-0.05, 0) is 42.9 Å². The Bertz CT molecular complexity index is 1500. The van der Waals surface area contributed by atoms with Crippen LogP contribution in [0.4, 0.5) is 5.00 Å². The van der Waals surface area contributed by atoms with Gasteiger partial charge in [0.1, 0.15) is 16.5 Å². The molecule has 2 aromatic heterocycles. The van der Waals surface area contributed by atoms with E-state index in [9.17, 15) is 22.8 Å². The number of carbonyl (C=O) groups is 3. The lowest BCUT2D eigenvalue weighted by molar-refractivity contribution is -0.115. The van der Waals surface area contributed by atoms with Crippen LogP contribution < -0.4 is 10.1 Å². The lowest BCUT2D eigenvalue weighted by Crippen LogP contribution is -2.28. The summed E-state index contributed by atoms with van der Waals surface area (Å²) in [4.78, 5) is 42.7. The molecule has 1 N–H and O–H groups in total. The number of sulfone groups is 1. The fourth-order valence-electron chi connectivity index (χ4n) is 4.09. The summed E-state index contributed by atoms with van der Waals surface area (Å²) in [6.07, 6.45) is 2.39. The van der Waals surface area contributed by atoms with Crippen LogP contribution in [-0.2, 0) is 44.1 Å². The fourth-order valence-corrected chi connectivity index (χ4v) is 7.55. The van der Waals surface area contributed by atoms with Gasteiger partial charge in [-0.3, -0.25) is 9.59 Å². The number of amides is 2. The number of esters is 1. The van der Waals surface area contributed by atoms with Crippen molar-refractivity contribution < 1.29 is 27.5 Å². The predicted octanol–water partition coefficient (Wildman–Crippen LogP) is 2.69. The molecule has 3 aromatic rings. The number of aromatic nitrogens is 1. The average molecular weight is 536 g/mol. The lowest BCUT2D eigenvalue weighted by Gasteiger charge is -2.18. The number of methoxy groups -OCH3 is 1. The van der Waals surface area contributed by atoms with Gasteiger partial charge >= 0.3 is 5.97 Å². The van der Waals surface area contributed by atoms with Gasteiger partial charge in [-0.25, -0.2) is 13.2 Å². The molecule has 1 unspecified atom stereocenters. The van der Waals surface area contributed by atoms with Crippen LogP contribution in [-0.4, -0.2) is 49.4 Å². The van der Waals surface area contributed by atoms with E-state index in [0.717, 1.165) is 33.5 Å². The molecule has 35 heavy (non-hydrogen) atoms. The van der Waals surface area contributed by atoms with E-state index in [2.05, 4.69) is 17.2 Å². The number of aryl methyl sites for hydroxylation is 1. The Morgan fingerprint density at radius 1 is 1.20 bits per heavy atom.